The van der Waals surface area contributed by atoms with Gasteiger partial charge in [-0.05, 0) is 38.5 Å². The lowest BCUT2D eigenvalue weighted by molar-refractivity contribution is 0.0434. The number of fused-ring (bicyclic) bond motifs is 1. The van der Waals surface area contributed by atoms with Gasteiger partial charge in [-0.1, -0.05) is 30.0 Å². The lowest BCUT2D eigenvalue weighted by Crippen LogP contribution is -2.14. The number of nitriles is 1. The molecule has 1 atom stereocenters. The topological polar surface area (TPSA) is 93.2 Å². The zero-order valence-electron chi connectivity index (χ0n) is 14.6. The fourth-order valence-corrected chi connectivity index (χ4v) is 3.27. The van der Waals surface area contributed by atoms with Gasteiger partial charge in [-0.3, -0.25) is 0 Å². The Bertz CT molecular complexity index is 1010. The molecule has 3 rings (SSSR count). The Morgan fingerprint density at radius 3 is 2.88 bits per heavy atom. The van der Waals surface area contributed by atoms with Crippen LogP contribution in [0.2, 0.25) is 0 Å². The molecule has 2 aromatic heterocycles. The molecule has 0 amide bonds. The van der Waals surface area contributed by atoms with Gasteiger partial charge in [0.1, 0.15) is 6.07 Å². The Labute approximate surface area is 155 Å². The minimum absolute atomic E-state index is 0.441. The first-order valence-corrected chi connectivity index (χ1v) is 8.99. The summed E-state index contributed by atoms with van der Waals surface area (Å²) in [6, 6.07) is 11.0. The van der Waals surface area contributed by atoms with Gasteiger partial charge in [-0.2, -0.15) is 10.2 Å². The first kappa shape index (κ1) is 17.9. The first-order valence-electron chi connectivity index (χ1n) is 8.00. The van der Waals surface area contributed by atoms with E-state index in [-0.39, 0.29) is 0 Å². The second kappa shape index (κ2) is 7.54. The van der Waals surface area contributed by atoms with Crippen molar-refractivity contribution < 1.29 is 9.53 Å². The normalized spacial score (nSPS) is 11.9. The summed E-state index contributed by atoms with van der Waals surface area (Å²) in [6.07, 6.45) is -0.791. The van der Waals surface area contributed by atoms with Crippen LogP contribution in [0.1, 0.15) is 34.2 Å². The smallest absolute Gasteiger partial charge is 0.339 e. The number of nitrogens with zero attached hydrogens (tertiary/aromatic N) is 5. The van der Waals surface area contributed by atoms with Crippen molar-refractivity contribution in [3.63, 3.8) is 0 Å². The molecule has 0 saturated heterocycles. The van der Waals surface area contributed by atoms with Gasteiger partial charge in [-0.15, -0.1) is 5.10 Å². The largest absolute Gasteiger partial charge is 0.444 e. The Hall–Kier alpha value is -2.92. The molecule has 0 spiro atoms. The number of carbonyl (C=O) groups excluding carboxylic acids is 1. The summed E-state index contributed by atoms with van der Waals surface area (Å²) in [5, 5.41) is 13.8. The van der Waals surface area contributed by atoms with Crippen LogP contribution < -0.4 is 0 Å². The minimum atomic E-state index is -0.791. The van der Waals surface area contributed by atoms with Gasteiger partial charge >= 0.3 is 5.97 Å². The van der Waals surface area contributed by atoms with Gasteiger partial charge in [0.2, 0.25) is 5.16 Å². The maximum atomic E-state index is 12.2. The third kappa shape index (κ3) is 3.83. The maximum absolute atomic E-state index is 12.2. The third-order valence-electron chi connectivity index (χ3n) is 3.66. The molecule has 0 aliphatic rings. The van der Waals surface area contributed by atoms with Crippen molar-refractivity contribution in [2.24, 2.45) is 0 Å². The molecule has 7 nitrogen and oxygen atoms in total. The fourth-order valence-electron chi connectivity index (χ4n) is 2.45. The number of carbonyl (C=O) groups is 1. The number of hydrogen-bond acceptors (Lipinski definition) is 7. The van der Waals surface area contributed by atoms with Crippen molar-refractivity contribution in [3.05, 3.63) is 52.8 Å². The van der Waals surface area contributed by atoms with Crippen LogP contribution in [0.15, 0.2) is 35.5 Å². The van der Waals surface area contributed by atoms with Crippen LogP contribution in [0.5, 0.6) is 0 Å². The molecule has 0 unspecified atom stereocenters. The molecule has 0 fully saturated rings. The molecule has 3 aromatic rings. The number of benzene rings is 1. The van der Waals surface area contributed by atoms with E-state index in [1.54, 1.807) is 16.6 Å². The number of rotatable bonds is 5. The quantitative estimate of drug-likeness (QED) is 0.505. The lowest BCUT2D eigenvalue weighted by Gasteiger charge is -2.09. The number of esters is 1. The Kier molecular flexibility index (Phi) is 5.19. The highest BCUT2D eigenvalue weighted by Crippen LogP contribution is 2.23. The number of aryl methyl sites for hydroxylation is 2. The third-order valence-corrected chi connectivity index (χ3v) is 4.54. The van der Waals surface area contributed by atoms with Gasteiger partial charge in [0.05, 0.1) is 5.56 Å². The van der Waals surface area contributed by atoms with Gasteiger partial charge < -0.3 is 4.74 Å². The van der Waals surface area contributed by atoms with Crippen LogP contribution in [-0.4, -0.2) is 31.7 Å². The predicted octanol–water partition coefficient (Wildman–Crippen LogP) is 3.10. The van der Waals surface area contributed by atoms with Crippen LogP contribution >= 0.6 is 11.8 Å². The van der Waals surface area contributed by atoms with Crippen molar-refractivity contribution in [1.82, 2.24) is 19.6 Å². The average Bonchev–Trinajstić information content (AvgIpc) is 3.03. The zero-order chi connectivity index (χ0) is 18.7. The molecule has 0 radical (unpaired) electrons. The number of hydrogen-bond donors (Lipinski definition) is 0. The Balaban J connectivity index is 1.79. The van der Waals surface area contributed by atoms with E-state index in [1.165, 1.54) is 18.7 Å². The van der Waals surface area contributed by atoms with E-state index < -0.39 is 12.1 Å². The molecule has 0 saturated carbocycles. The molecule has 1 aromatic carbocycles. The second-order valence-electron chi connectivity index (χ2n) is 5.77. The summed E-state index contributed by atoms with van der Waals surface area (Å²) in [4.78, 5) is 21.0. The molecule has 2 heterocycles. The zero-order valence-corrected chi connectivity index (χ0v) is 15.4. The first-order chi connectivity index (χ1) is 12.5. The molecule has 0 aliphatic carbocycles. The van der Waals surface area contributed by atoms with E-state index in [1.807, 2.05) is 38.1 Å². The van der Waals surface area contributed by atoms with Crippen molar-refractivity contribution in [2.75, 3.05) is 0 Å². The summed E-state index contributed by atoms with van der Waals surface area (Å²) >= 11 is 1.41. The highest BCUT2D eigenvalue weighted by molar-refractivity contribution is 7.98. The van der Waals surface area contributed by atoms with Crippen molar-refractivity contribution in [3.8, 4) is 6.07 Å². The van der Waals surface area contributed by atoms with Crippen molar-refractivity contribution in [1.29, 1.82) is 5.26 Å². The van der Waals surface area contributed by atoms with Gasteiger partial charge in [-0.25, -0.2) is 14.3 Å². The van der Waals surface area contributed by atoms with Gasteiger partial charge in [0.15, 0.2) is 6.10 Å². The Morgan fingerprint density at radius 2 is 2.12 bits per heavy atom. The summed E-state index contributed by atoms with van der Waals surface area (Å²) in [7, 11) is 0. The monoisotopic (exact) mass is 367 g/mol. The van der Waals surface area contributed by atoms with Crippen LogP contribution in [0.3, 0.4) is 0 Å². The summed E-state index contributed by atoms with van der Waals surface area (Å²) in [5.41, 5.74) is 3.09. The summed E-state index contributed by atoms with van der Waals surface area (Å²) < 4.78 is 6.80. The van der Waals surface area contributed by atoms with E-state index in [0.717, 1.165) is 17.0 Å². The SMILES string of the molecule is Cc1cc(C)n2nc(SCc3ccccc3C(=O)O[C@@H](C)C#N)nc2n1. The van der Waals surface area contributed by atoms with Crippen LogP contribution in [0.4, 0.5) is 0 Å². The molecule has 8 heteroatoms. The van der Waals surface area contributed by atoms with Crippen molar-refractivity contribution >= 4 is 23.5 Å². The Morgan fingerprint density at radius 1 is 1.35 bits per heavy atom. The van der Waals surface area contributed by atoms with Gasteiger partial charge in [0.25, 0.3) is 5.78 Å². The van der Waals surface area contributed by atoms with Crippen LogP contribution in [0, 0.1) is 25.2 Å². The molecule has 0 bridgehead atoms. The summed E-state index contributed by atoms with van der Waals surface area (Å²) in [6.45, 7) is 5.40. The maximum Gasteiger partial charge on any atom is 0.339 e. The minimum Gasteiger partial charge on any atom is -0.444 e. The number of ether oxygens (including phenoxy) is 1. The van der Waals surface area contributed by atoms with Crippen LogP contribution in [-0.2, 0) is 10.5 Å². The van der Waals surface area contributed by atoms with Crippen molar-refractivity contribution in [2.45, 2.75) is 37.8 Å². The van der Waals surface area contributed by atoms with Gasteiger partial charge in [0, 0.05) is 17.1 Å². The highest BCUT2D eigenvalue weighted by Gasteiger charge is 2.16. The fraction of sp³-hybridized carbons (Fsp3) is 0.278. The highest BCUT2D eigenvalue weighted by atomic mass is 32.2. The van der Waals surface area contributed by atoms with E-state index in [2.05, 4.69) is 15.1 Å². The molecule has 0 aliphatic heterocycles. The predicted molar refractivity (Wildman–Crippen MR) is 96.7 cm³/mol. The van der Waals surface area contributed by atoms with Crippen LogP contribution in [0.25, 0.3) is 5.78 Å². The number of aromatic nitrogens is 4. The standard InChI is InChI=1S/C18H17N5O2S/c1-11-8-12(2)23-17(20-11)21-18(22-23)26-10-14-6-4-5-7-15(14)16(24)25-13(3)9-19/h4-8,13H,10H2,1-3H3/t13-/m0/s1. The number of thioether (sulfide) groups is 1. The second-order valence-corrected chi connectivity index (χ2v) is 6.71. The van der Waals surface area contributed by atoms with E-state index in [9.17, 15) is 4.79 Å². The average molecular weight is 367 g/mol. The molecular formula is C18H17N5O2S. The van der Waals surface area contributed by atoms with E-state index >= 15 is 0 Å². The summed E-state index contributed by atoms with van der Waals surface area (Å²) in [5.74, 6) is 0.549. The molecule has 0 N–H and O–H groups in total. The van der Waals surface area contributed by atoms with E-state index in [4.69, 9.17) is 10.00 Å². The molecule has 26 heavy (non-hydrogen) atoms. The van der Waals surface area contributed by atoms with E-state index in [0.29, 0.717) is 22.3 Å². The molecule has 132 valence electrons. The lowest BCUT2D eigenvalue weighted by atomic mass is 10.1. The molecular weight excluding hydrogens is 350 g/mol.